The van der Waals surface area contributed by atoms with Gasteiger partial charge in [0, 0.05) is 72.8 Å². The molecular weight excluding hydrogens is 1340 g/mol. The summed E-state index contributed by atoms with van der Waals surface area (Å²) in [5, 5.41) is 2.17. The van der Waals surface area contributed by atoms with Crippen molar-refractivity contribution >= 4 is 96.1 Å². The van der Waals surface area contributed by atoms with Crippen LogP contribution in [0.3, 0.4) is 0 Å². The molecule has 0 unspecified atom stereocenters. The normalized spacial score (nSPS) is 13.4. The van der Waals surface area contributed by atoms with Gasteiger partial charge in [0.15, 0.2) is 0 Å². The van der Waals surface area contributed by atoms with Gasteiger partial charge < -0.3 is 19.3 Å². The number of benzene rings is 15. The fourth-order valence-electron chi connectivity index (χ4n) is 16.9. The molecule has 3 heterocycles. The van der Waals surface area contributed by atoms with Crippen molar-refractivity contribution in [1.82, 2.24) is 4.57 Å². The fourth-order valence-corrected chi connectivity index (χ4v) is 16.9. The number of hydrogen-bond acceptors (Lipinski definition) is 3. The standard InChI is InChI=1S/C106H93BN4/c1-103(2,3)78-58-77(59-79(62-78)104(4,5)6)76-53-56-93-97(61-76)111(102-89(73-42-26-16-27-43-73)65-81(106(10,11)12)66-90(102)74-44-28-17-29-45-74)99-69-85(109-94-51-35-34-50-86(94)91-67-84(54-57-95(91)109)108(82-46-30-18-31-47-82)83-48-32-19-33-49-83)68-98-100(99)107(93)92-55-52-75(70-36-20-13-21-37-70)60-96(92)110(98)101-87(71-38-22-14-23-39-71)63-80(105(7,8)9)64-88(101)72-40-24-15-25-41-72/h13-69H,1-12H3/i13D,20D,21D,36D,37D. The Morgan fingerprint density at radius 1 is 0.279 bits per heavy atom. The van der Waals surface area contributed by atoms with Crippen LogP contribution < -0.4 is 31.1 Å². The first-order chi connectivity index (χ1) is 55.7. The van der Waals surface area contributed by atoms with Crippen LogP contribution >= 0.6 is 0 Å². The van der Waals surface area contributed by atoms with Crippen LogP contribution in [-0.4, -0.2) is 11.3 Å². The molecule has 0 radical (unpaired) electrons. The summed E-state index contributed by atoms with van der Waals surface area (Å²) < 4.78 is 49.5. The molecule has 0 aliphatic carbocycles. The topological polar surface area (TPSA) is 14.7 Å². The van der Waals surface area contributed by atoms with Gasteiger partial charge in [0.1, 0.15) is 0 Å². The van der Waals surface area contributed by atoms with Crippen LogP contribution in [0.1, 0.15) is 112 Å². The first kappa shape index (κ1) is 64.5. The van der Waals surface area contributed by atoms with Gasteiger partial charge in [0.2, 0.25) is 0 Å². The molecule has 0 N–H and O–H groups in total. The molecule has 5 heteroatoms. The maximum atomic E-state index is 9.79. The van der Waals surface area contributed by atoms with Crippen LogP contribution in [0.4, 0.5) is 51.2 Å². The Morgan fingerprint density at radius 3 is 1.06 bits per heavy atom. The summed E-state index contributed by atoms with van der Waals surface area (Å²) in [7, 11) is 0. The molecule has 111 heavy (non-hydrogen) atoms. The molecule has 2 aliphatic heterocycles. The van der Waals surface area contributed by atoms with E-state index in [0.717, 1.165) is 156 Å². The molecule has 0 fully saturated rings. The average molecular weight is 1440 g/mol. The lowest BCUT2D eigenvalue weighted by atomic mass is 9.33. The molecular formula is C106H93BN4. The monoisotopic (exact) mass is 1440 g/mol. The second-order valence-electron chi connectivity index (χ2n) is 34.2. The number of rotatable bonds is 12. The van der Waals surface area contributed by atoms with Crippen molar-refractivity contribution in [3.8, 4) is 72.4 Å². The Labute approximate surface area is 663 Å². The molecule has 0 spiro atoms. The van der Waals surface area contributed by atoms with Crippen molar-refractivity contribution in [2.45, 2.75) is 105 Å². The minimum Gasteiger partial charge on any atom is -0.310 e. The molecule has 0 bridgehead atoms. The Balaban J connectivity index is 1.06. The number of aromatic nitrogens is 1. The number of anilines is 9. The first-order valence-corrected chi connectivity index (χ1v) is 39.0. The van der Waals surface area contributed by atoms with Gasteiger partial charge in [-0.15, -0.1) is 0 Å². The van der Waals surface area contributed by atoms with E-state index in [-0.39, 0.29) is 39.3 Å². The molecule has 0 atom stereocenters. The van der Waals surface area contributed by atoms with E-state index in [4.69, 9.17) is 1.37 Å². The van der Waals surface area contributed by atoms with Gasteiger partial charge in [-0.05, 0) is 202 Å². The zero-order valence-corrected chi connectivity index (χ0v) is 65.4. The van der Waals surface area contributed by atoms with E-state index in [9.17, 15) is 5.48 Å². The number of nitrogens with zero attached hydrogens (tertiary/aromatic N) is 4. The summed E-state index contributed by atoms with van der Waals surface area (Å²) in [6, 6.07) is 114. The summed E-state index contributed by atoms with van der Waals surface area (Å²) in [4.78, 5) is 7.50. The minimum absolute atomic E-state index is 0.129. The summed E-state index contributed by atoms with van der Waals surface area (Å²) in [5.74, 6) is 0. The maximum Gasteiger partial charge on any atom is 0.252 e. The Morgan fingerprint density at radius 2 is 0.649 bits per heavy atom. The molecule has 4 nitrogen and oxygen atoms in total. The van der Waals surface area contributed by atoms with E-state index in [1.807, 2.05) is 6.07 Å². The second kappa shape index (κ2) is 27.3. The molecule has 18 rings (SSSR count). The maximum absolute atomic E-state index is 9.79. The summed E-state index contributed by atoms with van der Waals surface area (Å²) in [5.41, 5.74) is 29.9. The molecule has 0 saturated carbocycles. The quantitative estimate of drug-likeness (QED) is 0.113. The van der Waals surface area contributed by atoms with Gasteiger partial charge >= 0.3 is 0 Å². The fraction of sp³-hybridized carbons (Fsp3) is 0.151. The third kappa shape index (κ3) is 12.6. The second-order valence-corrected chi connectivity index (χ2v) is 34.2. The first-order valence-electron chi connectivity index (χ1n) is 41.5. The van der Waals surface area contributed by atoms with E-state index in [2.05, 4.69) is 412 Å². The average Bonchev–Trinajstić information content (AvgIpc) is 0.818. The zero-order valence-electron chi connectivity index (χ0n) is 70.4. The van der Waals surface area contributed by atoms with E-state index < -0.39 is 24.8 Å². The van der Waals surface area contributed by atoms with Gasteiger partial charge in [-0.3, -0.25) is 0 Å². The van der Waals surface area contributed by atoms with Crippen LogP contribution in [0.2, 0.25) is 0 Å². The number of fused-ring (bicyclic) bond motifs is 7. The SMILES string of the molecule is [2H]c1c([2H])c([2H])c(-c2ccc3c(c2)N(c2c(-c4ccccc4)cc(C(C)(C)C)cc2-c2ccccc2)c2cc(-n4c5ccccc5c5cc(N(c6ccccc6)c6ccccc6)ccc54)cc4c2B3c2ccc(-c3cc(C(C)(C)C)cc(C(C)(C)C)c3)cc2N4c2c(-c3ccccc3)cc(C(C)(C)C)cc2-c2ccccc2)c([2H])c1[2H]. The van der Waals surface area contributed by atoms with Gasteiger partial charge in [-0.25, -0.2) is 0 Å². The predicted octanol–water partition coefficient (Wildman–Crippen LogP) is 27.5. The lowest BCUT2D eigenvalue weighted by Gasteiger charge is -2.46. The molecule has 15 aromatic carbocycles. The van der Waals surface area contributed by atoms with Crippen LogP contribution in [0, 0.1) is 0 Å². The summed E-state index contributed by atoms with van der Waals surface area (Å²) >= 11 is 0. The predicted molar refractivity (Wildman–Crippen MR) is 477 cm³/mol. The van der Waals surface area contributed by atoms with Crippen molar-refractivity contribution in [1.29, 1.82) is 0 Å². The van der Waals surface area contributed by atoms with Crippen molar-refractivity contribution in [2.24, 2.45) is 0 Å². The largest absolute Gasteiger partial charge is 0.310 e. The van der Waals surface area contributed by atoms with E-state index in [1.54, 1.807) is 0 Å². The highest BCUT2D eigenvalue weighted by atomic mass is 15.2. The summed E-state index contributed by atoms with van der Waals surface area (Å²) in [6.07, 6.45) is 0. The highest BCUT2D eigenvalue weighted by molar-refractivity contribution is 7.00. The van der Waals surface area contributed by atoms with Crippen molar-refractivity contribution in [2.75, 3.05) is 14.7 Å². The molecule has 16 aromatic rings. The number of para-hydroxylation sites is 3. The lowest BCUT2D eigenvalue weighted by molar-refractivity contribution is 0.569. The van der Waals surface area contributed by atoms with Crippen molar-refractivity contribution < 1.29 is 6.85 Å². The van der Waals surface area contributed by atoms with Crippen LogP contribution in [-0.2, 0) is 21.7 Å². The molecule has 0 amide bonds. The minimum atomic E-state index is -0.480. The van der Waals surface area contributed by atoms with Crippen molar-refractivity contribution in [3.05, 3.63) is 368 Å². The molecule has 540 valence electrons. The van der Waals surface area contributed by atoms with E-state index >= 15 is 0 Å². The number of hydrogen-bond donors (Lipinski definition) is 0. The third-order valence-corrected chi connectivity index (χ3v) is 22.8. The Bertz CT molecular complexity index is 6330. The smallest absolute Gasteiger partial charge is 0.252 e. The van der Waals surface area contributed by atoms with Gasteiger partial charge in [0.05, 0.1) is 34.9 Å². The van der Waals surface area contributed by atoms with Crippen LogP contribution in [0.5, 0.6) is 0 Å². The lowest BCUT2D eigenvalue weighted by Crippen LogP contribution is -2.61. The molecule has 2 aliphatic rings. The van der Waals surface area contributed by atoms with Gasteiger partial charge in [-0.2, -0.15) is 0 Å². The Hall–Kier alpha value is -12.4. The molecule has 1 aromatic heterocycles. The summed E-state index contributed by atoms with van der Waals surface area (Å²) in [6.45, 7) is 27.2. The Kier molecular flexibility index (Phi) is 15.9. The zero-order chi connectivity index (χ0) is 80.6. The molecule has 0 saturated heterocycles. The van der Waals surface area contributed by atoms with Crippen molar-refractivity contribution in [3.63, 3.8) is 0 Å². The van der Waals surface area contributed by atoms with Gasteiger partial charge in [-0.1, -0.05) is 332 Å². The highest BCUT2D eigenvalue weighted by Gasteiger charge is 2.46. The van der Waals surface area contributed by atoms with E-state index in [0.29, 0.717) is 5.56 Å². The van der Waals surface area contributed by atoms with E-state index in [1.165, 1.54) is 16.7 Å². The third-order valence-electron chi connectivity index (χ3n) is 22.8. The van der Waals surface area contributed by atoms with Crippen LogP contribution in [0.15, 0.2) is 346 Å². The van der Waals surface area contributed by atoms with Gasteiger partial charge in [0.25, 0.3) is 6.71 Å². The van der Waals surface area contributed by atoms with Crippen LogP contribution in [0.25, 0.3) is 94.3 Å². The highest BCUT2D eigenvalue weighted by Crippen LogP contribution is 2.56.